The highest BCUT2D eigenvalue weighted by atomic mass is 32.2. The summed E-state index contributed by atoms with van der Waals surface area (Å²) >= 11 is 0. The molecule has 4 heteroatoms. The molecule has 104 valence electrons. The van der Waals surface area contributed by atoms with Gasteiger partial charge in [-0.05, 0) is 37.6 Å². The summed E-state index contributed by atoms with van der Waals surface area (Å²) in [5.41, 5.74) is 0.229. The van der Waals surface area contributed by atoms with E-state index < -0.39 is 9.84 Å². The van der Waals surface area contributed by atoms with Crippen LogP contribution in [-0.2, 0) is 9.84 Å². The van der Waals surface area contributed by atoms with Gasteiger partial charge in [0.1, 0.15) is 9.84 Å². The van der Waals surface area contributed by atoms with E-state index in [0.717, 1.165) is 32.2 Å². The van der Waals surface area contributed by atoms with Crippen LogP contribution in [0, 0.1) is 5.41 Å². The van der Waals surface area contributed by atoms with Crippen LogP contribution < -0.4 is 5.32 Å². The minimum atomic E-state index is -2.82. The fraction of sp³-hybridized carbons (Fsp3) is 1.00. The summed E-state index contributed by atoms with van der Waals surface area (Å²) in [6.07, 6.45) is 5.22. The Morgan fingerprint density at radius 2 is 1.82 bits per heavy atom. The Bertz CT molecular complexity index is 297. The lowest BCUT2D eigenvalue weighted by Crippen LogP contribution is -2.42. The lowest BCUT2D eigenvalue weighted by atomic mass is 9.79. The average molecular weight is 263 g/mol. The van der Waals surface area contributed by atoms with E-state index >= 15 is 0 Å². The Labute approximate surface area is 107 Å². The Hall–Kier alpha value is -0.0900. The summed E-state index contributed by atoms with van der Waals surface area (Å²) in [5, 5.41) is 3.55. The second-order valence-electron chi connectivity index (χ2n) is 5.62. The number of nitrogens with one attached hydrogen (secondary N) is 1. The van der Waals surface area contributed by atoms with Gasteiger partial charge < -0.3 is 5.32 Å². The summed E-state index contributed by atoms with van der Waals surface area (Å²) in [7, 11) is -2.82. The lowest BCUT2D eigenvalue weighted by Gasteiger charge is -2.34. The molecule has 0 amide bonds. The largest absolute Gasteiger partial charge is 0.313 e. The molecule has 0 bridgehead atoms. The van der Waals surface area contributed by atoms with E-state index in [4.69, 9.17) is 0 Å². The third-order valence-corrected chi connectivity index (χ3v) is 4.53. The zero-order valence-corrected chi connectivity index (χ0v) is 12.9. The minimum absolute atomic E-state index is 0.229. The molecule has 0 aliphatic carbocycles. The van der Waals surface area contributed by atoms with E-state index in [1.54, 1.807) is 0 Å². The molecular formula is C13H29NO2S. The standard InChI is InChI=1S/C13H29NO2S/c1-6-10-14-12(13(3,4)7-2)9-8-11-17(5,15)16/h12,14H,6-11H2,1-5H3. The van der Waals surface area contributed by atoms with Gasteiger partial charge in [-0.3, -0.25) is 0 Å². The van der Waals surface area contributed by atoms with Gasteiger partial charge in [0.2, 0.25) is 0 Å². The van der Waals surface area contributed by atoms with E-state index in [1.807, 2.05) is 0 Å². The molecule has 0 aromatic heterocycles. The third kappa shape index (κ3) is 7.77. The quantitative estimate of drug-likeness (QED) is 0.695. The molecule has 0 aliphatic rings. The van der Waals surface area contributed by atoms with Crippen molar-refractivity contribution in [2.45, 2.75) is 59.4 Å². The van der Waals surface area contributed by atoms with E-state index in [0.29, 0.717) is 11.8 Å². The van der Waals surface area contributed by atoms with Crippen LogP contribution in [0.5, 0.6) is 0 Å². The second kappa shape index (κ2) is 7.37. The number of sulfone groups is 1. The summed E-state index contributed by atoms with van der Waals surface area (Å²) in [6, 6.07) is 0.411. The third-order valence-electron chi connectivity index (χ3n) is 3.50. The first-order valence-corrected chi connectivity index (χ1v) is 8.70. The van der Waals surface area contributed by atoms with Gasteiger partial charge in [0.05, 0.1) is 0 Å². The molecular weight excluding hydrogens is 234 g/mol. The Morgan fingerprint density at radius 1 is 1.24 bits per heavy atom. The normalized spacial score (nSPS) is 14.9. The van der Waals surface area contributed by atoms with Crippen molar-refractivity contribution in [2.24, 2.45) is 5.41 Å². The maximum absolute atomic E-state index is 11.1. The van der Waals surface area contributed by atoms with Crippen molar-refractivity contribution >= 4 is 9.84 Å². The van der Waals surface area contributed by atoms with Crippen LogP contribution in [0.1, 0.15) is 53.4 Å². The summed E-state index contributed by atoms with van der Waals surface area (Å²) in [4.78, 5) is 0. The predicted molar refractivity (Wildman–Crippen MR) is 75.1 cm³/mol. The number of hydrogen-bond acceptors (Lipinski definition) is 3. The molecule has 1 atom stereocenters. The fourth-order valence-corrected chi connectivity index (χ4v) is 2.57. The highest BCUT2D eigenvalue weighted by Gasteiger charge is 2.26. The summed E-state index contributed by atoms with van der Waals surface area (Å²) in [5.74, 6) is 0.303. The molecule has 0 saturated carbocycles. The minimum Gasteiger partial charge on any atom is -0.313 e. The molecule has 1 N–H and O–H groups in total. The van der Waals surface area contributed by atoms with Crippen LogP contribution in [0.15, 0.2) is 0 Å². The highest BCUT2D eigenvalue weighted by molar-refractivity contribution is 7.90. The van der Waals surface area contributed by atoms with Crippen LogP contribution >= 0.6 is 0 Å². The molecule has 0 spiro atoms. The van der Waals surface area contributed by atoms with E-state index in [-0.39, 0.29) is 5.41 Å². The first kappa shape index (κ1) is 16.9. The Balaban J connectivity index is 4.29. The van der Waals surface area contributed by atoms with Crippen LogP contribution in [-0.4, -0.2) is 33.0 Å². The Morgan fingerprint density at radius 3 is 2.24 bits per heavy atom. The van der Waals surface area contributed by atoms with Crippen molar-refractivity contribution in [3.05, 3.63) is 0 Å². The molecule has 17 heavy (non-hydrogen) atoms. The van der Waals surface area contributed by atoms with Gasteiger partial charge in [0, 0.05) is 18.1 Å². The molecule has 0 fully saturated rings. The SMILES string of the molecule is CCCNC(CCCS(C)(=O)=O)C(C)(C)CC. The monoisotopic (exact) mass is 263 g/mol. The molecule has 0 heterocycles. The zero-order chi connectivity index (χ0) is 13.5. The molecule has 0 rings (SSSR count). The van der Waals surface area contributed by atoms with Crippen molar-refractivity contribution in [1.29, 1.82) is 0 Å². The van der Waals surface area contributed by atoms with Gasteiger partial charge in [-0.2, -0.15) is 0 Å². The van der Waals surface area contributed by atoms with Gasteiger partial charge in [-0.15, -0.1) is 0 Å². The second-order valence-corrected chi connectivity index (χ2v) is 7.88. The van der Waals surface area contributed by atoms with E-state index in [9.17, 15) is 8.42 Å². The van der Waals surface area contributed by atoms with Gasteiger partial charge in [-0.25, -0.2) is 8.42 Å². The average Bonchev–Trinajstić information content (AvgIpc) is 2.21. The molecule has 3 nitrogen and oxygen atoms in total. The molecule has 0 aromatic rings. The molecule has 0 aromatic carbocycles. The van der Waals surface area contributed by atoms with Crippen LogP contribution in [0.3, 0.4) is 0 Å². The number of hydrogen-bond donors (Lipinski definition) is 1. The first-order chi connectivity index (χ1) is 7.73. The maximum atomic E-state index is 11.1. The van der Waals surface area contributed by atoms with Crippen molar-refractivity contribution in [3.8, 4) is 0 Å². The first-order valence-electron chi connectivity index (χ1n) is 6.64. The van der Waals surface area contributed by atoms with Crippen LogP contribution in [0.2, 0.25) is 0 Å². The van der Waals surface area contributed by atoms with Crippen molar-refractivity contribution in [3.63, 3.8) is 0 Å². The van der Waals surface area contributed by atoms with Crippen molar-refractivity contribution in [2.75, 3.05) is 18.6 Å². The van der Waals surface area contributed by atoms with Crippen molar-refractivity contribution < 1.29 is 8.42 Å². The molecule has 1 unspecified atom stereocenters. The van der Waals surface area contributed by atoms with Crippen LogP contribution in [0.4, 0.5) is 0 Å². The van der Waals surface area contributed by atoms with E-state index in [1.165, 1.54) is 6.26 Å². The van der Waals surface area contributed by atoms with Gasteiger partial charge in [0.25, 0.3) is 0 Å². The predicted octanol–water partition coefficient (Wildman–Crippen LogP) is 2.62. The molecule has 0 radical (unpaired) electrons. The highest BCUT2D eigenvalue weighted by Crippen LogP contribution is 2.27. The van der Waals surface area contributed by atoms with E-state index in [2.05, 4.69) is 33.0 Å². The smallest absolute Gasteiger partial charge is 0.147 e. The van der Waals surface area contributed by atoms with Gasteiger partial charge >= 0.3 is 0 Å². The molecule has 0 saturated heterocycles. The maximum Gasteiger partial charge on any atom is 0.147 e. The van der Waals surface area contributed by atoms with Gasteiger partial charge in [0.15, 0.2) is 0 Å². The zero-order valence-electron chi connectivity index (χ0n) is 12.0. The molecule has 0 aliphatic heterocycles. The summed E-state index contributed by atoms with van der Waals surface area (Å²) in [6.45, 7) is 9.85. The Kier molecular flexibility index (Phi) is 7.33. The van der Waals surface area contributed by atoms with Gasteiger partial charge in [-0.1, -0.05) is 27.7 Å². The van der Waals surface area contributed by atoms with Crippen molar-refractivity contribution in [1.82, 2.24) is 5.32 Å². The number of rotatable bonds is 9. The summed E-state index contributed by atoms with van der Waals surface area (Å²) < 4.78 is 22.3. The topological polar surface area (TPSA) is 46.2 Å². The van der Waals surface area contributed by atoms with Crippen LogP contribution in [0.25, 0.3) is 0 Å². The fourth-order valence-electron chi connectivity index (χ4n) is 1.88. The lowest BCUT2D eigenvalue weighted by molar-refractivity contribution is 0.219.